The first-order chi connectivity index (χ1) is 9.99. The second-order valence-corrected chi connectivity index (χ2v) is 5.48. The van der Waals surface area contributed by atoms with E-state index in [1.54, 1.807) is 24.5 Å². The number of rotatable bonds is 2. The van der Waals surface area contributed by atoms with Crippen molar-refractivity contribution in [2.45, 2.75) is 13.8 Å². The van der Waals surface area contributed by atoms with Crippen LogP contribution >= 0.6 is 11.6 Å². The Bertz CT molecular complexity index is 867. The molecule has 0 radical (unpaired) electrons. The van der Waals surface area contributed by atoms with E-state index in [0.29, 0.717) is 32.9 Å². The normalized spacial score (nSPS) is 11.0. The summed E-state index contributed by atoms with van der Waals surface area (Å²) in [5.74, 6) is -0.111. The van der Waals surface area contributed by atoms with Crippen LogP contribution in [0.5, 0.6) is 0 Å². The van der Waals surface area contributed by atoms with Crippen molar-refractivity contribution in [2.75, 3.05) is 5.73 Å². The number of carbonyl (C=O) groups is 1. The summed E-state index contributed by atoms with van der Waals surface area (Å²) in [4.78, 5) is 19.9. The maximum atomic E-state index is 12.8. The van der Waals surface area contributed by atoms with Gasteiger partial charge in [-0.05, 0) is 37.1 Å². The van der Waals surface area contributed by atoms with Gasteiger partial charge in [0.15, 0.2) is 5.78 Å². The number of nitrogens with two attached hydrogens (primary N) is 1. The number of nitrogens with one attached hydrogen (secondary N) is 1. The lowest BCUT2D eigenvalue weighted by Gasteiger charge is -2.08. The number of H-pyrrole nitrogens is 1. The van der Waals surface area contributed by atoms with Crippen molar-refractivity contribution < 1.29 is 4.79 Å². The summed E-state index contributed by atoms with van der Waals surface area (Å²) in [6.07, 6.45) is 3.24. The minimum absolute atomic E-state index is 0.111. The van der Waals surface area contributed by atoms with Crippen molar-refractivity contribution in [3.05, 3.63) is 57.9 Å². The van der Waals surface area contributed by atoms with E-state index < -0.39 is 0 Å². The number of nitrogens with zero attached hydrogens (tertiary/aromatic N) is 1. The topological polar surface area (TPSA) is 71.8 Å². The highest BCUT2D eigenvalue weighted by atomic mass is 35.5. The Morgan fingerprint density at radius 2 is 2.00 bits per heavy atom. The van der Waals surface area contributed by atoms with E-state index in [-0.39, 0.29) is 5.78 Å². The van der Waals surface area contributed by atoms with E-state index >= 15 is 0 Å². The predicted molar refractivity (Wildman–Crippen MR) is 84.9 cm³/mol. The minimum Gasteiger partial charge on any atom is -0.398 e. The van der Waals surface area contributed by atoms with Crippen LogP contribution in [0.15, 0.2) is 30.6 Å². The number of hydrogen-bond acceptors (Lipinski definition) is 3. The molecule has 0 amide bonds. The van der Waals surface area contributed by atoms with Gasteiger partial charge in [-0.2, -0.15) is 0 Å². The Hall–Kier alpha value is -2.33. The largest absolute Gasteiger partial charge is 0.398 e. The quantitative estimate of drug-likeness (QED) is 0.560. The van der Waals surface area contributed by atoms with Crippen LogP contribution in [0, 0.1) is 13.8 Å². The van der Waals surface area contributed by atoms with Gasteiger partial charge >= 0.3 is 0 Å². The van der Waals surface area contributed by atoms with E-state index in [0.717, 1.165) is 11.1 Å². The molecule has 0 saturated carbocycles. The molecule has 5 heteroatoms. The van der Waals surface area contributed by atoms with Crippen LogP contribution in [0.4, 0.5) is 5.69 Å². The summed E-state index contributed by atoms with van der Waals surface area (Å²) < 4.78 is 0. The molecule has 4 nitrogen and oxygen atoms in total. The number of aromatic nitrogens is 2. The Morgan fingerprint density at radius 1 is 1.24 bits per heavy atom. The van der Waals surface area contributed by atoms with Gasteiger partial charge in [0.05, 0.1) is 10.6 Å². The van der Waals surface area contributed by atoms with Crippen LogP contribution in [-0.2, 0) is 0 Å². The standard InChI is InChI=1S/C16H14ClN3O/c1-8-5-9(2)13(18)6-10(8)15(21)11-7-20-16-14(11)12(17)3-4-19-16/h3-7H,18H2,1-2H3,(H,19,20). The van der Waals surface area contributed by atoms with Gasteiger partial charge in [-0.25, -0.2) is 4.98 Å². The highest BCUT2D eigenvalue weighted by Gasteiger charge is 2.19. The van der Waals surface area contributed by atoms with Gasteiger partial charge in [-0.3, -0.25) is 4.79 Å². The molecule has 21 heavy (non-hydrogen) atoms. The monoisotopic (exact) mass is 299 g/mol. The molecule has 0 aliphatic carbocycles. The second kappa shape index (κ2) is 4.90. The van der Waals surface area contributed by atoms with Crippen LogP contribution in [0.1, 0.15) is 27.0 Å². The maximum Gasteiger partial charge on any atom is 0.195 e. The van der Waals surface area contributed by atoms with Crippen LogP contribution in [0.2, 0.25) is 5.02 Å². The molecule has 0 spiro atoms. The number of aryl methyl sites for hydroxylation is 2. The molecule has 3 rings (SSSR count). The third-order valence-electron chi connectivity index (χ3n) is 3.62. The van der Waals surface area contributed by atoms with Crippen LogP contribution in [-0.4, -0.2) is 15.8 Å². The van der Waals surface area contributed by atoms with Crippen molar-refractivity contribution >= 4 is 34.1 Å². The lowest BCUT2D eigenvalue weighted by atomic mass is 9.96. The zero-order valence-electron chi connectivity index (χ0n) is 11.7. The molecule has 0 fully saturated rings. The fourth-order valence-corrected chi connectivity index (χ4v) is 2.70. The van der Waals surface area contributed by atoms with E-state index in [2.05, 4.69) is 9.97 Å². The molecule has 0 atom stereocenters. The highest BCUT2D eigenvalue weighted by molar-refractivity contribution is 6.37. The van der Waals surface area contributed by atoms with Crippen molar-refractivity contribution in [1.29, 1.82) is 0 Å². The van der Waals surface area contributed by atoms with Crippen LogP contribution in [0.25, 0.3) is 11.0 Å². The molecule has 1 aromatic carbocycles. The fourth-order valence-electron chi connectivity index (χ4n) is 2.45. The molecule has 3 aromatic rings. The first-order valence-corrected chi connectivity index (χ1v) is 6.90. The smallest absolute Gasteiger partial charge is 0.195 e. The third kappa shape index (κ3) is 2.17. The number of anilines is 1. The summed E-state index contributed by atoms with van der Waals surface area (Å²) >= 11 is 6.19. The molecule has 106 valence electrons. The van der Waals surface area contributed by atoms with Gasteiger partial charge in [0, 0.05) is 29.0 Å². The van der Waals surface area contributed by atoms with Gasteiger partial charge in [0.2, 0.25) is 0 Å². The maximum absolute atomic E-state index is 12.8. The van der Waals surface area contributed by atoms with Gasteiger partial charge in [-0.15, -0.1) is 0 Å². The highest BCUT2D eigenvalue weighted by Crippen LogP contribution is 2.28. The fraction of sp³-hybridized carbons (Fsp3) is 0.125. The van der Waals surface area contributed by atoms with Gasteiger partial charge in [-0.1, -0.05) is 17.7 Å². The number of benzene rings is 1. The zero-order chi connectivity index (χ0) is 15.1. The van der Waals surface area contributed by atoms with Gasteiger partial charge < -0.3 is 10.7 Å². The average molecular weight is 300 g/mol. The van der Waals surface area contributed by atoms with Crippen molar-refractivity contribution in [3.63, 3.8) is 0 Å². The van der Waals surface area contributed by atoms with E-state index in [1.165, 1.54) is 0 Å². The zero-order valence-corrected chi connectivity index (χ0v) is 12.5. The molecule has 3 N–H and O–H groups in total. The molecule has 0 bridgehead atoms. The number of nitrogen functional groups attached to an aromatic ring is 1. The molecule has 0 aliphatic rings. The van der Waals surface area contributed by atoms with Gasteiger partial charge in [0.25, 0.3) is 0 Å². The molecular formula is C16H14ClN3O. The van der Waals surface area contributed by atoms with Crippen molar-refractivity contribution in [3.8, 4) is 0 Å². The van der Waals surface area contributed by atoms with Crippen molar-refractivity contribution in [2.24, 2.45) is 0 Å². The predicted octanol–water partition coefficient (Wildman–Crippen LogP) is 3.65. The summed E-state index contributed by atoms with van der Waals surface area (Å²) in [6, 6.07) is 5.30. The molecular weight excluding hydrogens is 286 g/mol. The van der Waals surface area contributed by atoms with Crippen molar-refractivity contribution in [1.82, 2.24) is 9.97 Å². The molecule has 0 saturated heterocycles. The Labute approximate surface area is 126 Å². The third-order valence-corrected chi connectivity index (χ3v) is 3.94. The number of pyridine rings is 1. The summed E-state index contributed by atoms with van der Waals surface area (Å²) in [5, 5.41) is 1.14. The number of fused-ring (bicyclic) bond motifs is 1. The minimum atomic E-state index is -0.111. The molecule has 0 unspecified atom stereocenters. The van der Waals surface area contributed by atoms with E-state index in [1.807, 2.05) is 19.9 Å². The summed E-state index contributed by atoms with van der Waals surface area (Å²) in [5.41, 5.74) is 10.1. The SMILES string of the molecule is Cc1cc(C)c(C(=O)c2c[nH]c3nccc(Cl)c23)cc1N. The molecule has 2 heterocycles. The van der Waals surface area contributed by atoms with E-state index in [9.17, 15) is 4.79 Å². The number of hydrogen-bond donors (Lipinski definition) is 2. The first kappa shape index (κ1) is 13.6. The Kier molecular flexibility index (Phi) is 3.18. The Morgan fingerprint density at radius 3 is 2.76 bits per heavy atom. The molecule has 2 aromatic heterocycles. The number of halogens is 1. The number of aromatic amines is 1. The van der Waals surface area contributed by atoms with E-state index in [4.69, 9.17) is 17.3 Å². The number of carbonyl (C=O) groups excluding carboxylic acids is 1. The lowest BCUT2D eigenvalue weighted by Crippen LogP contribution is -2.05. The van der Waals surface area contributed by atoms with Crippen LogP contribution in [0.3, 0.4) is 0 Å². The summed E-state index contributed by atoms with van der Waals surface area (Å²) in [6.45, 7) is 3.82. The van der Waals surface area contributed by atoms with Crippen LogP contribution < -0.4 is 5.73 Å². The molecule has 0 aliphatic heterocycles. The summed E-state index contributed by atoms with van der Waals surface area (Å²) in [7, 11) is 0. The Balaban J connectivity index is 2.20. The lowest BCUT2D eigenvalue weighted by molar-refractivity contribution is 0.104. The first-order valence-electron chi connectivity index (χ1n) is 6.52. The van der Waals surface area contributed by atoms with Gasteiger partial charge in [0.1, 0.15) is 5.65 Å². The number of ketones is 1. The average Bonchev–Trinajstić information content (AvgIpc) is 2.87. The second-order valence-electron chi connectivity index (χ2n) is 5.07.